The van der Waals surface area contributed by atoms with E-state index in [9.17, 15) is 4.79 Å². The summed E-state index contributed by atoms with van der Waals surface area (Å²) >= 11 is 0. The maximum Gasteiger partial charge on any atom is 0.130 e. The number of benzene rings is 1. The highest BCUT2D eigenvalue weighted by molar-refractivity contribution is 5.76. The van der Waals surface area contributed by atoms with E-state index < -0.39 is 0 Å². The van der Waals surface area contributed by atoms with E-state index >= 15 is 0 Å². The van der Waals surface area contributed by atoms with Crippen molar-refractivity contribution in [2.75, 3.05) is 7.11 Å². The van der Waals surface area contributed by atoms with Crippen LogP contribution in [0.25, 0.3) is 0 Å². The first kappa shape index (κ1) is 11.8. The Morgan fingerprint density at radius 3 is 2.73 bits per heavy atom. The first-order valence-corrected chi connectivity index (χ1v) is 5.30. The number of Topliss-reactive ketones (excluding diaryl/α,β-unsaturated/α-hetero) is 1. The summed E-state index contributed by atoms with van der Waals surface area (Å²) in [5, 5.41) is 0. The lowest BCUT2D eigenvalue weighted by Gasteiger charge is -2.14. The molecule has 0 bridgehead atoms. The van der Waals surface area contributed by atoms with E-state index in [0.29, 0.717) is 12.3 Å². The molecule has 0 radical (unpaired) electrons. The van der Waals surface area contributed by atoms with Crippen LogP contribution in [0, 0.1) is 0 Å². The fourth-order valence-electron chi connectivity index (χ4n) is 1.74. The molecule has 1 atom stereocenters. The van der Waals surface area contributed by atoms with Crippen molar-refractivity contribution in [1.82, 2.24) is 0 Å². The summed E-state index contributed by atoms with van der Waals surface area (Å²) in [5.41, 5.74) is 1.19. The molecule has 0 amide bonds. The molecule has 2 heteroatoms. The molecular weight excluding hydrogens is 188 g/mol. The third-order valence-corrected chi connectivity index (χ3v) is 2.59. The van der Waals surface area contributed by atoms with Crippen LogP contribution < -0.4 is 4.74 Å². The zero-order valence-electron chi connectivity index (χ0n) is 9.62. The van der Waals surface area contributed by atoms with Gasteiger partial charge in [-0.25, -0.2) is 0 Å². The van der Waals surface area contributed by atoms with Crippen molar-refractivity contribution in [3.8, 4) is 5.75 Å². The average molecular weight is 206 g/mol. The number of hydrogen-bond donors (Lipinski definition) is 0. The molecule has 0 aromatic heterocycles. The van der Waals surface area contributed by atoms with Gasteiger partial charge in [0.1, 0.15) is 11.5 Å². The quantitative estimate of drug-likeness (QED) is 0.739. The monoisotopic (exact) mass is 206 g/mol. The van der Waals surface area contributed by atoms with Crippen LogP contribution in [0.1, 0.15) is 38.2 Å². The van der Waals surface area contributed by atoms with Gasteiger partial charge in [0.05, 0.1) is 7.11 Å². The van der Waals surface area contributed by atoms with Gasteiger partial charge < -0.3 is 9.53 Å². The smallest absolute Gasteiger partial charge is 0.130 e. The van der Waals surface area contributed by atoms with Gasteiger partial charge in [-0.05, 0) is 37.0 Å². The van der Waals surface area contributed by atoms with Crippen molar-refractivity contribution in [3.63, 3.8) is 0 Å². The second kappa shape index (κ2) is 5.54. The lowest BCUT2D eigenvalue weighted by atomic mass is 9.92. The van der Waals surface area contributed by atoms with Crippen molar-refractivity contribution >= 4 is 5.78 Å². The fraction of sp³-hybridized carbons (Fsp3) is 0.462. The van der Waals surface area contributed by atoms with Gasteiger partial charge in [0.25, 0.3) is 0 Å². The highest BCUT2D eigenvalue weighted by atomic mass is 16.5. The normalized spacial score (nSPS) is 12.2. The third-order valence-electron chi connectivity index (χ3n) is 2.59. The average Bonchev–Trinajstić information content (AvgIpc) is 2.25. The zero-order chi connectivity index (χ0) is 11.3. The molecule has 0 saturated carbocycles. The van der Waals surface area contributed by atoms with Gasteiger partial charge in [-0.1, -0.05) is 19.1 Å². The Morgan fingerprint density at radius 1 is 1.47 bits per heavy atom. The molecule has 0 heterocycles. The predicted octanol–water partition coefficient (Wildman–Crippen LogP) is 3.17. The molecule has 2 nitrogen and oxygen atoms in total. The second-order valence-electron chi connectivity index (χ2n) is 3.79. The molecule has 0 N–H and O–H groups in total. The summed E-state index contributed by atoms with van der Waals surface area (Å²) in [6, 6.07) is 7.96. The SMILES string of the molecule is CCC(CC(C)=O)c1cccc(OC)c1. The summed E-state index contributed by atoms with van der Waals surface area (Å²) in [6.07, 6.45) is 1.59. The Hall–Kier alpha value is -1.31. The number of methoxy groups -OCH3 is 1. The van der Waals surface area contributed by atoms with Crippen molar-refractivity contribution in [1.29, 1.82) is 0 Å². The van der Waals surface area contributed by atoms with Crippen molar-refractivity contribution in [2.24, 2.45) is 0 Å². The van der Waals surface area contributed by atoms with E-state index in [1.54, 1.807) is 14.0 Å². The molecule has 0 aliphatic carbocycles. The van der Waals surface area contributed by atoms with E-state index in [1.807, 2.05) is 18.2 Å². The summed E-state index contributed by atoms with van der Waals surface area (Å²) in [5.74, 6) is 1.41. The molecule has 1 rings (SSSR count). The zero-order valence-corrected chi connectivity index (χ0v) is 9.62. The molecule has 1 unspecified atom stereocenters. The lowest BCUT2D eigenvalue weighted by Crippen LogP contribution is -2.03. The Bertz CT molecular complexity index is 331. The lowest BCUT2D eigenvalue weighted by molar-refractivity contribution is -0.117. The standard InChI is InChI=1S/C13H18O2/c1-4-11(8-10(2)14)12-6-5-7-13(9-12)15-3/h5-7,9,11H,4,8H2,1-3H3. The molecular formula is C13H18O2. The minimum Gasteiger partial charge on any atom is -0.497 e. The van der Waals surface area contributed by atoms with Gasteiger partial charge in [0.2, 0.25) is 0 Å². The van der Waals surface area contributed by atoms with Crippen LogP contribution in [0.3, 0.4) is 0 Å². The van der Waals surface area contributed by atoms with Crippen LogP contribution in [0.2, 0.25) is 0 Å². The topological polar surface area (TPSA) is 26.3 Å². The summed E-state index contributed by atoms with van der Waals surface area (Å²) in [7, 11) is 1.66. The Balaban J connectivity index is 2.85. The van der Waals surface area contributed by atoms with Gasteiger partial charge >= 0.3 is 0 Å². The van der Waals surface area contributed by atoms with Gasteiger partial charge in [-0.2, -0.15) is 0 Å². The van der Waals surface area contributed by atoms with E-state index in [1.165, 1.54) is 5.56 Å². The molecule has 1 aromatic carbocycles. The van der Waals surface area contributed by atoms with Crippen LogP contribution in [-0.4, -0.2) is 12.9 Å². The maximum atomic E-state index is 11.1. The Morgan fingerprint density at radius 2 is 2.20 bits per heavy atom. The molecule has 1 aromatic rings. The van der Waals surface area contributed by atoms with Gasteiger partial charge in [0, 0.05) is 6.42 Å². The van der Waals surface area contributed by atoms with Crippen LogP contribution in [-0.2, 0) is 4.79 Å². The van der Waals surface area contributed by atoms with Gasteiger partial charge in [-0.15, -0.1) is 0 Å². The minimum atomic E-state index is 0.240. The first-order chi connectivity index (χ1) is 7.17. The van der Waals surface area contributed by atoms with E-state index in [-0.39, 0.29) is 5.78 Å². The van der Waals surface area contributed by atoms with Gasteiger partial charge in [-0.3, -0.25) is 0 Å². The summed E-state index contributed by atoms with van der Waals surface area (Å²) in [6.45, 7) is 3.75. The molecule has 82 valence electrons. The van der Waals surface area contributed by atoms with E-state index in [4.69, 9.17) is 4.74 Å². The van der Waals surface area contributed by atoms with Crippen molar-refractivity contribution in [3.05, 3.63) is 29.8 Å². The molecule has 0 saturated heterocycles. The first-order valence-electron chi connectivity index (χ1n) is 5.30. The number of ether oxygens (including phenoxy) is 1. The minimum absolute atomic E-state index is 0.240. The predicted molar refractivity (Wildman–Crippen MR) is 61.3 cm³/mol. The van der Waals surface area contributed by atoms with Crippen LogP contribution in [0.4, 0.5) is 0 Å². The van der Waals surface area contributed by atoms with Crippen molar-refractivity contribution in [2.45, 2.75) is 32.6 Å². The Kier molecular flexibility index (Phi) is 4.35. The number of ketones is 1. The number of carbonyl (C=O) groups excluding carboxylic acids is 1. The number of carbonyl (C=O) groups is 1. The van der Waals surface area contributed by atoms with Gasteiger partial charge in [0.15, 0.2) is 0 Å². The molecule has 0 fully saturated rings. The Labute approximate surface area is 91.3 Å². The van der Waals surface area contributed by atoms with E-state index in [0.717, 1.165) is 12.2 Å². The number of rotatable bonds is 5. The van der Waals surface area contributed by atoms with E-state index in [2.05, 4.69) is 13.0 Å². The summed E-state index contributed by atoms with van der Waals surface area (Å²) in [4.78, 5) is 11.1. The maximum absolute atomic E-state index is 11.1. The van der Waals surface area contributed by atoms with Crippen LogP contribution >= 0.6 is 0 Å². The molecule has 0 aliphatic heterocycles. The van der Waals surface area contributed by atoms with Crippen LogP contribution in [0.15, 0.2) is 24.3 Å². The summed E-state index contributed by atoms with van der Waals surface area (Å²) < 4.78 is 5.17. The van der Waals surface area contributed by atoms with Crippen LogP contribution in [0.5, 0.6) is 5.75 Å². The fourth-order valence-corrected chi connectivity index (χ4v) is 1.74. The molecule has 0 spiro atoms. The third kappa shape index (κ3) is 3.39. The second-order valence-corrected chi connectivity index (χ2v) is 3.79. The largest absolute Gasteiger partial charge is 0.497 e. The van der Waals surface area contributed by atoms with Crippen molar-refractivity contribution < 1.29 is 9.53 Å². The molecule has 0 aliphatic rings. The highest BCUT2D eigenvalue weighted by Crippen LogP contribution is 2.26. The highest BCUT2D eigenvalue weighted by Gasteiger charge is 2.12. The molecule has 15 heavy (non-hydrogen) atoms. The number of hydrogen-bond acceptors (Lipinski definition) is 2.